The summed E-state index contributed by atoms with van der Waals surface area (Å²) in [6, 6.07) is 0. The average Bonchev–Trinajstić information content (AvgIpc) is 1.81. The highest BCUT2D eigenvalue weighted by molar-refractivity contribution is 4.42. The van der Waals surface area contributed by atoms with Crippen LogP contribution in [0.15, 0.2) is 0 Å². The monoisotopic (exact) mass is 117 g/mol. The zero-order chi connectivity index (χ0) is 6.24. The second kappa shape index (κ2) is 6.96. The summed E-state index contributed by atoms with van der Waals surface area (Å²) in [5.74, 6) is 0. The molecule has 0 saturated heterocycles. The minimum atomic E-state index is 0. The molecule has 0 aliphatic heterocycles. The maximum atomic E-state index is 3.28. The average molecular weight is 117 g/mol. The van der Waals surface area contributed by atoms with E-state index >= 15 is 0 Å². The summed E-state index contributed by atoms with van der Waals surface area (Å²) >= 11 is 0. The van der Waals surface area contributed by atoms with E-state index in [2.05, 4.69) is 19.2 Å². The fraction of sp³-hybridized carbons (Fsp3) is 1.00. The molecule has 0 aromatic heterocycles. The normalized spacial score (nSPS) is 9.75. The van der Waals surface area contributed by atoms with Gasteiger partial charge in [-0.25, -0.2) is 0 Å². The van der Waals surface area contributed by atoms with Crippen LogP contribution in [0.1, 0.15) is 34.5 Å². The van der Waals surface area contributed by atoms with Gasteiger partial charge in [0, 0.05) is 1.43 Å². The third kappa shape index (κ3) is 5.96. The Hall–Kier alpha value is -0.0400. The molecule has 0 aliphatic carbocycles. The van der Waals surface area contributed by atoms with Crippen LogP contribution in [-0.4, -0.2) is 13.1 Å². The molecule has 8 heavy (non-hydrogen) atoms. The summed E-state index contributed by atoms with van der Waals surface area (Å²) in [7, 11) is 0. The predicted octanol–water partition coefficient (Wildman–Crippen LogP) is 2.03. The van der Waals surface area contributed by atoms with Gasteiger partial charge >= 0.3 is 0 Å². The molecule has 0 heterocycles. The van der Waals surface area contributed by atoms with Crippen LogP contribution in [0, 0.1) is 0 Å². The van der Waals surface area contributed by atoms with Crippen LogP contribution in [-0.2, 0) is 0 Å². The van der Waals surface area contributed by atoms with Gasteiger partial charge in [0.05, 0.1) is 0 Å². The molecule has 0 atom stereocenters. The number of rotatable bonds is 5. The molecule has 0 bridgehead atoms. The second-order valence-electron chi connectivity index (χ2n) is 2.06. The molecule has 0 unspecified atom stereocenters. The SMILES string of the molecule is CCCCCNCC.[HH]. The van der Waals surface area contributed by atoms with Crippen molar-refractivity contribution in [2.24, 2.45) is 0 Å². The quantitative estimate of drug-likeness (QED) is 0.543. The van der Waals surface area contributed by atoms with Crippen molar-refractivity contribution in [3.63, 3.8) is 0 Å². The van der Waals surface area contributed by atoms with Crippen molar-refractivity contribution < 1.29 is 1.43 Å². The molecule has 1 nitrogen and oxygen atoms in total. The van der Waals surface area contributed by atoms with Crippen LogP contribution in [0.5, 0.6) is 0 Å². The zero-order valence-corrected chi connectivity index (χ0v) is 6.04. The molecule has 0 aromatic carbocycles. The molecular weight excluding hydrogens is 98.1 g/mol. The van der Waals surface area contributed by atoms with Gasteiger partial charge in [0.15, 0.2) is 0 Å². The van der Waals surface area contributed by atoms with Crippen molar-refractivity contribution in [3.8, 4) is 0 Å². The predicted molar refractivity (Wildman–Crippen MR) is 40.2 cm³/mol. The number of nitrogens with one attached hydrogen (secondary N) is 1. The fourth-order valence-corrected chi connectivity index (χ4v) is 0.677. The Morgan fingerprint density at radius 2 is 2.00 bits per heavy atom. The molecule has 0 amide bonds. The van der Waals surface area contributed by atoms with E-state index in [1.807, 2.05) is 0 Å². The summed E-state index contributed by atoms with van der Waals surface area (Å²) < 4.78 is 0. The molecule has 0 rings (SSSR count). The highest BCUT2D eigenvalue weighted by atomic mass is 14.8. The molecular formula is C7H19N. The van der Waals surface area contributed by atoms with Crippen molar-refractivity contribution >= 4 is 0 Å². The largest absolute Gasteiger partial charge is 0.317 e. The molecule has 0 spiro atoms. The molecule has 0 fully saturated rings. The summed E-state index contributed by atoms with van der Waals surface area (Å²) in [6.45, 7) is 6.69. The molecule has 0 aliphatic rings. The first kappa shape index (κ1) is 7.96. The minimum Gasteiger partial charge on any atom is -0.317 e. The lowest BCUT2D eigenvalue weighted by atomic mass is 10.2. The maximum absolute atomic E-state index is 3.28. The fourth-order valence-electron chi connectivity index (χ4n) is 0.677. The van der Waals surface area contributed by atoms with Crippen molar-refractivity contribution in [2.45, 2.75) is 33.1 Å². The lowest BCUT2D eigenvalue weighted by molar-refractivity contribution is 0.633. The van der Waals surface area contributed by atoms with Gasteiger partial charge in [-0.2, -0.15) is 0 Å². The van der Waals surface area contributed by atoms with Crippen LogP contribution < -0.4 is 5.32 Å². The van der Waals surface area contributed by atoms with Gasteiger partial charge in [0.2, 0.25) is 0 Å². The van der Waals surface area contributed by atoms with E-state index in [-0.39, 0.29) is 1.43 Å². The first-order valence-corrected chi connectivity index (χ1v) is 3.62. The van der Waals surface area contributed by atoms with E-state index in [1.54, 1.807) is 0 Å². The summed E-state index contributed by atoms with van der Waals surface area (Å²) in [4.78, 5) is 0. The summed E-state index contributed by atoms with van der Waals surface area (Å²) in [5, 5.41) is 3.28. The van der Waals surface area contributed by atoms with Crippen molar-refractivity contribution in [2.75, 3.05) is 13.1 Å². The number of hydrogen-bond donors (Lipinski definition) is 1. The van der Waals surface area contributed by atoms with E-state index < -0.39 is 0 Å². The van der Waals surface area contributed by atoms with Crippen LogP contribution in [0.4, 0.5) is 0 Å². The first-order valence-electron chi connectivity index (χ1n) is 3.62. The van der Waals surface area contributed by atoms with Gasteiger partial charge in [-0.1, -0.05) is 26.7 Å². The minimum absolute atomic E-state index is 0. The standard InChI is InChI=1S/C7H17N.H2/c1-3-5-6-7-8-4-2;/h8H,3-7H2,1-2H3;1H. The Morgan fingerprint density at radius 3 is 2.50 bits per heavy atom. The second-order valence-corrected chi connectivity index (χ2v) is 2.06. The van der Waals surface area contributed by atoms with Gasteiger partial charge in [-0.15, -0.1) is 0 Å². The Labute approximate surface area is 54.0 Å². The van der Waals surface area contributed by atoms with Crippen molar-refractivity contribution in [1.82, 2.24) is 5.32 Å². The number of hydrogen-bond acceptors (Lipinski definition) is 1. The van der Waals surface area contributed by atoms with Gasteiger partial charge < -0.3 is 5.32 Å². The summed E-state index contributed by atoms with van der Waals surface area (Å²) in [5.41, 5.74) is 0. The van der Waals surface area contributed by atoms with Gasteiger partial charge in [-0.05, 0) is 19.5 Å². The molecule has 1 N–H and O–H groups in total. The van der Waals surface area contributed by atoms with Crippen LogP contribution in [0.2, 0.25) is 0 Å². The lowest BCUT2D eigenvalue weighted by Gasteiger charge is -1.97. The van der Waals surface area contributed by atoms with E-state index in [0.717, 1.165) is 6.54 Å². The third-order valence-corrected chi connectivity index (χ3v) is 1.21. The van der Waals surface area contributed by atoms with E-state index in [9.17, 15) is 0 Å². The van der Waals surface area contributed by atoms with E-state index in [0.29, 0.717) is 0 Å². The van der Waals surface area contributed by atoms with Gasteiger partial charge in [-0.3, -0.25) is 0 Å². The highest BCUT2D eigenvalue weighted by Gasteiger charge is 1.81. The van der Waals surface area contributed by atoms with Gasteiger partial charge in [0.25, 0.3) is 0 Å². The first-order chi connectivity index (χ1) is 3.91. The molecule has 52 valence electrons. The molecule has 1 heteroatoms. The molecule has 0 saturated carbocycles. The smallest absolute Gasteiger partial charge is 0 e. The highest BCUT2D eigenvalue weighted by Crippen LogP contribution is 1.89. The van der Waals surface area contributed by atoms with E-state index in [1.165, 1.54) is 25.8 Å². The zero-order valence-electron chi connectivity index (χ0n) is 6.04. The Morgan fingerprint density at radius 1 is 1.25 bits per heavy atom. The third-order valence-electron chi connectivity index (χ3n) is 1.21. The Kier molecular flexibility index (Phi) is 6.93. The molecule has 0 aromatic rings. The molecule has 0 radical (unpaired) electrons. The van der Waals surface area contributed by atoms with Crippen LogP contribution in [0.25, 0.3) is 0 Å². The maximum Gasteiger partial charge on any atom is 0 e. The lowest BCUT2D eigenvalue weighted by Crippen LogP contribution is -2.13. The van der Waals surface area contributed by atoms with Crippen LogP contribution in [0.3, 0.4) is 0 Å². The topological polar surface area (TPSA) is 12.0 Å². The van der Waals surface area contributed by atoms with Crippen molar-refractivity contribution in [3.05, 3.63) is 0 Å². The van der Waals surface area contributed by atoms with E-state index in [4.69, 9.17) is 0 Å². The number of unbranched alkanes of at least 4 members (excludes halogenated alkanes) is 2. The van der Waals surface area contributed by atoms with Gasteiger partial charge in [0.1, 0.15) is 0 Å². The van der Waals surface area contributed by atoms with Crippen LogP contribution >= 0.6 is 0 Å². The van der Waals surface area contributed by atoms with Crippen molar-refractivity contribution in [1.29, 1.82) is 0 Å². The Bertz CT molecular complexity index is 33.9. The summed E-state index contributed by atoms with van der Waals surface area (Å²) in [6.07, 6.45) is 4.03. The Balaban J connectivity index is 0.